The molecule has 0 aliphatic carbocycles. The largest absolute Gasteiger partial charge is 0.378 e. The Bertz CT molecular complexity index is 1040. The van der Waals surface area contributed by atoms with Gasteiger partial charge in [-0.3, -0.25) is 14.9 Å². The van der Waals surface area contributed by atoms with Crippen LogP contribution in [0.3, 0.4) is 0 Å². The fraction of sp³-hybridized carbons (Fsp3) is 0.160. The smallest absolute Gasteiger partial charge is 0.269 e. The van der Waals surface area contributed by atoms with E-state index < -0.39 is 4.92 Å². The zero-order valence-corrected chi connectivity index (χ0v) is 17.6. The highest BCUT2D eigenvalue weighted by Gasteiger charge is 2.13. The Morgan fingerprint density at radius 1 is 0.871 bits per heavy atom. The molecule has 3 aromatic rings. The van der Waals surface area contributed by atoms with E-state index in [9.17, 15) is 14.9 Å². The van der Waals surface area contributed by atoms with Crippen molar-refractivity contribution in [2.45, 2.75) is 13.1 Å². The molecule has 0 bridgehead atoms. The molecule has 0 saturated carbocycles. The van der Waals surface area contributed by atoms with Gasteiger partial charge >= 0.3 is 0 Å². The molecule has 0 aromatic heterocycles. The average molecular weight is 415 g/mol. The van der Waals surface area contributed by atoms with E-state index in [0.29, 0.717) is 13.1 Å². The molecule has 3 rings (SSSR count). The van der Waals surface area contributed by atoms with Gasteiger partial charge in [-0.25, -0.2) is 0 Å². The first-order chi connectivity index (χ1) is 14.9. The lowest BCUT2D eigenvalue weighted by Gasteiger charge is -2.22. The summed E-state index contributed by atoms with van der Waals surface area (Å²) in [5.74, 6) is -0.126. The van der Waals surface area contributed by atoms with E-state index in [2.05, 4.69) is 0 Å². The molecule has 0 radical (unpaired) electrons. The van der Waals surface area contributed by atoms with Crippen molar-refractivity contribution in [3.63, 3.8) is 0 Å². The van der Waals surface area contributed by atoms with Gasteiger partial charge in [0.05, 0.1) is 4.92 Å². The van der Waals surface area contributed by atoms with Crippen LogP contribution in [0.15, 0.2) is 84.9 Å². The molecule has 0 fully saturated rings. The van der Waals surface area contributed by atoms with E-state index in [4.69, 9.17) is 0 Å². The van der Waals surface area contributed by atoms with E-state index in [-0.39, 0.29) is 11.6 Å². The summed E-state index contributed by atoms with van der Waals surface area (Å²) in [4.78, 5) is 27.2. The van der Waals surface area contributed by atoms with Gasteiger partial charge in [0, 0.05) is 51.1 Å². The lowest BCUT2D eigenvalue weighted by atomic mass is 10.1. The number of non-ortho nitro benzene ring substituents is 1. The molecule has 0 N–H and O–H groups in total. The Balaban J connectivity index is 1.77. The SMILES string of the molecule is CN(C)c1ccc(CN(Cc2ccccc2)C(=O)/C=C/c2ccc([N+](=O)[O-])cc2)cc1. The zero-order valence-electron chi connectivity index (χ0n) is 17.6. The average Bonchev–Trinajstić information content (AvgIpc) is 2.78. The summed E-state index contributed by atoms with van der Waals surface area (Å²) in [6.45, 7) is 0.964. The van der Waals surface area contributed by atoms with Crippen molar-refractivity contribution in [1.82, 2.24) is 4.90 Å². The molecular weight excluding hydrogens is 390 g/mol. The molecular formula is C25H25N3O3. The van der Waals surface area contributed by atoms with Crippen LogP contribution >= 0.6 is 0 Å². The summed E-state index contributed by atoms with van der Waals surface area (Å²) in [5.41, 5.74) is 3.94. The predicted molar refractivity (Wildman–Crippen MR) is 124 cm³/mol. The standard InChI is InChI=1S/C25H25N3O3/c1-26(2)23-13-10-22(11-14-23)19-27(18-21-6-4-3-5-7-21)25(29)17-12-20-8-15-24(16-9-20)28(30)31/h3-17H,18-19H2,1-2H3/b17-12+. The van der Waals surface area contributed by atoms with Crippen LogP contribution in [0.25, 0.3) is 6.08 Å². The first-order valence-corrected chi connectivity index (χ1v) is 9.94. The Labute approximate surface area is 182 Å². The van der Waals surface area contributed by atoms with Crippen molar-refractivity contribution in [1.29, 1.82) is 0 Å². The van der Waals surface area contributed by atoms with Gasteiger partial charge in [-0.1, -0.05) is 42.5 Å². The van der Waals surface area contributed by atoms with E-state index in [1.807, 2.05) is 73.6 Å². The molecule has 0 aliphatic rings. The van der Waals surface area contributed by atoms with E-state index >= 15 is 0 Å². The summed E-state index contributed by atoms with van der Waals surface area (Å²) in [5, 5.41) is 10.8. The molecule has 31 heavy (non-hydrogen) atoms. The second-order valence-electron chi connectivity index (χ2n) is 7.42. The van der Waals surface area contributed by atoms with E-state index in [0.717, 1.165) is 22.4 Å². The number of amides is 1. The van der Waals surface area contributed by atoms with E-state index in [1.54, 1.807) is 23.1 Å². The second-order valence-corrected chi connectivity index (χ2v) is 7.42. The number of carbonyl (C=O) groups is 1. The number of hydrogen-bond donors (Lipinski definition) is 0. The number of nitrogens with zero attached hydrogens (tertiary/aromatic N) is 3. The molecule has 1 amide bonds. The van der Waals surface area contributed by atoms with Gasteiger partial charge in [-0.15, -0.1) is 0 Å². The Kier molecular flexibility index (Phi) is 7.17. The molecule has 0 aliphatic heterocycles. The van der Waals surface area contributed by atoms with Crippen molar-refractivity contribution < 1.29 is 9.72 Å². The normalized spacial score (nSPS) is 10.8. The maximum Gasteiger partial charge on any atom is 0.269 e. The molecule has 0 spiro atoms. The molecule has 0 saturated heterocycles. The van der Waals surface area contributed by atoms with Crippen LogP contribution in [0.4, 0.5) is 11.4 Å². The summed E-state index contributed by atoms with van der Waals surface area (Å²) in [6, 6.07) is 24.1. The topological polar surface area (TPSA) is 66.7 Å². The predicted octanol–water partition coefficient (Wildman–Crippen LogP) is 4.90. The van der Waals surface area contributed by atoms with Crippen molar-refractivity contribution >= 4 is 23.4 Å². The fourth-order valence-electron chi connectivity index (χ4n) is 3.12. The van der Waals surface area contributed by atoms with Crippen LogP contribution in [0, 0.1) is 10.1 Å². The Hall–Kier alpha value is -3.93. The van der Waals surface area contributed by atoms with Crippen LogP contribution in [0.1, 0.15) is 16.7 Å². The monoisotopic (exact) mass is 415 g/mol. The van der Waals surface area contributed by atoms with Gasteiger partial charge in [-0.2, -0.15) is 0 Å². The van der Waals surface area contributed by atoms with Crippen LogP contribution in [-0.4, -0.2) is 29.8 Å². The molecule has 0 atom stereocenters. The van der Waals surface area contributed by atoms with Crippen LogP contribution < -0.4 is 4.90 Å². The molecule has 3 aromatic carbocycles. The molecule has 0 unspecified atom stereocenters. The zero-order chi connectivity index (χ0) is 22.2. The molecule has 0 heterocycles. The van der Waals surface area contributed by atoms with Crippen LogP contribution in [0.5, 0.6) is 0 Å². The third kappa shape index (κ3) is 6.27. The highest BCUT2D eigenvalue weighted by Crippen LogP contribution is 2.17. The van der Waals surface area contributed by atoms with Crippen LogP contribution in [0.2, 0.25) is 0 Å². The molecule has 158 valence electrons. The van der Waals surface area contributed by atoms with E-state index in [1.165, 1.54) is 18.2 Å². The number of nitro groups is 1. The van der Waals surface area contributed by atoms with Crippen molar-refractivity contribution in [3.8, 4) is 0 Å². The van der Waals surface area contributed by atoms with Gasteiger partial charge in [0.1, 0.15) is 0 Å². The first-order valence-electron chi connectivity index (χ1n) is 9.94. The highest BCUT2D eigenvalue weighted by atomic mass is 16.6. The second kappa shape index (κ2) is 10.2. The summed E-state index contributed by atoms with van der Waals surface area (Å²) < 4.78 is 0. The van der Waals surface area contributed by atoms with Crippen molar-refractivity contribution in [2.24, 2.45) is 0 Å². The fourth-order valence-corrected chi connectivity index (χ4v) is 3.12. The number of nitro benzene ring substituents is 1. The first kappa shape index (κ1) is 21.8. The quantitative estimate of drug-likeness (QED) is 0.298. The lowest BCUT2D eigenvalue weighted by Crippen LogP contribution is -2.28. The number of carbonyl (C=O) groups excluding carboxylic acids is 1. The minimum Gasteiger partial charge on any atom is -0.378 e. The maximum absolute atomic E-state index is 13.0. The van der Waals surface area contributed by atoms with Crippen molar-refractivity contribution in [2.75, 3.05) is 19.0 Å². The Morgan fingerprint density at radius 2 is 1.45 bits per heavy atom. The summed E-state index contributed by atoms with van der Waals surface area (Å²) in [7, 11) is 3.98. The van der Waals surface area contributed by atoms with Crippen molar-refractivity contribution in [3.05, 3.63) is 112 Å². The maximum atomic E-state index is 13.0. The van der Waals surface area contributed by atoms with Gasteiger partial charge in [-0.05, 0) is 47.0 Å². The summed E-state index contributed by atoms with van der Waals surface area (Å²) >= 11 is 0. The van der Waals surface area contributed by atoms with Gasteiger partial charge in [0.15, 0.2) is 0 Å². The number of hydrogen-bond acceptors (Lipinski definition) is 4. The van der Waals surface area contributed by atoms with Gasteiger partial charge < -0.3 is 9.80 Å². The number of benzene rings is 3. The third-order valence-electron chi connectivity index (χ3n) is 4.88. The lowest BCUT2D eigenvalue weighted by molar-refractivity contribution is -0.384. The highest BCUT2D eigenvalue weighted by molar-refractivity contribution is 5.91. The minimum atomic E-state index is -0.443. The van der Waals surface area contributed by atoms with Crippen LogP contribution in [-0.2, 0) is 17.9 Å². The Morgan fingerprint density at radius 3 is 2.00 bits per heavy atom. The molecule has 6 heteroatoms. The number of anilines is 1. The van der Waals surface area contributed by atoms with Gasteiger partial charge in [0.2, 0.25) is 5.91 Å². The third-order valence-corrected chi connectivity index (χ3v) is 4.88. The number of rotatable bonds is 8. The molecule has 6 nitrogen and oxygen atoms in total. The summed E-state index contributed by atoms with van der Waals surface area (Å²) in [6.07, 6.45) is 3.19. The van der Waals surface area contributed by atoms with Gasteiger partial charge in [0.25, 0.3) is 5.69 Å². The minimum absolute atomic E-state index is 0.0235.